The van der Waals surface area contributed by atoms with Gasteiger partial charge in [-0.2, -0.15) is 10.2 Å². The summed E-state index contributed by atoms with van der Waals surface area (Å²) >= 11 is 5.28. The molecule has 0 bridgehead atoms. The second kappa shape index (κ2) is 9.41. The van der Waals surface area contributed by atoms with Crippen molar-refractivity contribution in [3.63, 3.8) is 0 Å². The number of thiocarbonyl (C=S) groups is 1. The van der Waals surface area contributed by atoms with Gasteiger partial charge >= 0.3 is 0 Å². The fraction of sp³-hybridized carbons (Fsp3) is 0.136. The maximum atomic E-state index is 13.9. The molecule has 4 rings (SSSR count). The maximum absolute atomic E-state index is 13.9. The first-order valence-corrected chi connectivity index (χ1v) is 10.2. The molecular formula is C22H18F4N6S. The van der Waals surface area contributed by atoms with Gasteiger partial charge in [0.25, 0.3) is 0 Å². The highest BCUT2D eigenvalue weighted by Gasteiger charge is 2.19. The Hall–Kier alpha value is -3.73. The Kier molecular flexibility index (Phi) is 6.40. The van der Waals surface area contributed by atoms with Gasteiger partial charge in [0.05, 0.1) is 36.9 Å². The number of nitrogens with zero attached hydrogens (tertiary/aromatic N) is 4. The van der Waals surface area contributed by atoms with Crippen molar-refractivity contribution in [2.75, 3.05) is 10.6 Å². The smallest absolute Gasteiger partial charge is 0.194 e. The molecule has 0 unspecified atom stereocenters. The van der Waals surface area contributed by atoms with E-state index in [4.69, 9.17) is 12.2 Å². The Balaban J connectivity index is 1.35. The molecule has 11 heteroatoms. The lowest BCUT2D eigenvalue weighted by Gasteiger charge is -2.08. The molecule has 33 heavy (non-hydrogen) atoms. The molecule has 0 saturated carbocycles. The molecule has 0 aliphatic carbocycles. The second-order valence-electron chi connectivity index (χ2n) is 7.36. The molecule has 0 radical (unpaired) electrons. The SMILES string of the molecule is Cc1ccc(Cn2cc(NC(=S)Nc3cnn(Cc4c(F)cc(F)c(F)c4F)c3)cn2)cc1. The summed E-state index contributed by atoms with van der Waals surface area (Å²) in [4.78, 5) is 0. The molecule has 4 aromatic rings. The van der Waals surface area contributed by atoms with E-state index >= 15 is 0 Å². The average molecular weight is 474 g/mol. The second-order valence-corrected chi connectivity index (χ2v) is 7.77. The fourth-order valence-corrected chi connectivity index (χ4v) is 3.35. The van der Waals surface area contributed by atoms with Crippen molar-refractivity contribution < 1.29 is 17.6 Å². The van der Waals surface area contributed by atoms with Crippen LogP contribution in [0.3, 0.4) is 0 Å². The number of halogens is 4. The van der Waals surface area contributed by atoms with Crippen LogP contribution in [0.1, 0.15) is 16.7 Å². The van der Waals surface area contributed by atoms with Crippen LogP contribution in [0.25, 0.3) is 0 Å². The summed E-state index contributed by atoms with van der Waals surface area (Å²) in [5.41, 5.74) is 2.75. The van der Waals surface area contributed by atoms with Crippen LogP contribution in [-0.2, 0) is 13.1 Å². The van der Waals surface area contributed by atoms with Crippen molar-refractivity contribution in [1.82, 2.24) is 19.6 Å². The van der Waals surface area contributed by atoms with E-state index in [2.05, 4.69) is 20.8 Å². The van der Waals surface area contributed by atoms with Crippen LogP contribution < -0.4 is 10.6 Å². The highest BCUT2D eigenvalue weighted by molar-refractivity contribution is 7.80. The zero-order valence-corrected chi connectivity index (χ0v) is 18.1. The number of hydrogen-bond donors (Lipinski definition) is 2. The van der Waals surface area contributed by atoms with Crippen molar-refractivity contribution in [2.24, 2.45) is 0 Å². The van der Waals surface area contributed by atoms with Gasteiger partial charge in [-0.05, 0) is 24.7 Å². The van der Waals surface area contributed by atoms with Gasteiger partial charge in [-0.25, -0.2) is 17.6 Å². The van der Waals surface area contributed by atoms with Gasteiger partial charge < -0.3 is 10.6 Å². The van der Waals surface area contributed by atoms with Gasteiger partial charge in [-0.15, -0.1) is 0 Å². The zero-order valence-electron chi connectivity index (χ0n) is 17.3. The molecule has 0 spiro atoms. The van der Waals surface area contributed by atoms with Crippen molar-refractivity contribution in [3.05, 3.63) is 95.1 Å². The summed E-state index contributed by atoms with van der Waals surface area (Å²) in [6, 6.07) is 8.44. The van der Waals surface area contributed by atoms with E-state index in [-0.39, 0.29) is 5.11 Å². The zero-order chi connectivity index (χ0) is 23.5. The molecule has 2 N–H and O–H groups in total. The van der Waals surface area contributed by atoms with Crippen LogP contribution in [0.5, 0.6) is 0 Å². The molecule has 0 fully saturated rings. The maximum Gasteiger partial charge on any atom is 0.194 e. The van der Waals surface area contributed by atoms with Crippen LogP contribution in [0.4, 0.5) is 28.9 Å². The summed E-state index contributed by atoms with van der Waals surface area (Å²) < 4.78 is 57.2. The third-order valence-electron chi connectivity index (χ3n) is 4.78. The summed E-state index contributed by atoms with van der Waals surface area (Å²) in [6.45, 7) is 2.20. The van der Waals surface area contributed by atoms with Gasteiger partial charge in [0.1, 0.15) is 5.82 Å². The number of nitrogens with one attached hydrogen (secondary N) is 2. The largest absolute Gasteiger partial charge is 0.330 e. The summed E-state index contributed by atoms with van der Waals surface area (Å²) in [5.74, 6) is -6.10. The predicted octanol–water partition coefficient (Wildman–Crippen LogP) is 4.85. The van der Waals surface area contributed by atoms with E-state index in [9.17, 15) is 17.6 Å². The molecule has 2 aromatic heterocycles. The molecule has 0 amide bonds. The molecule has 0 saturated heterocycles. The molecule has 6 nitrogen and oxygen atoms in total. The lowest BCUT2D eigenvalue weighted by molar-refractivity contribution is 0.420. The number of aryl methyl sites for hydroxylation is 1. The Morgan fingerprint density at radius 3 is 2.03 bits per heavy atom. The van der Waals surface area contributed by atoms with Gasteiger partial charge in [-0.3, -0.25) is 9.36 Å². The number of rotatable bonds is 6. The summed E-state index contributed by atoms with van der Waals surface area (Å²) in [5, 5.41) is 14.4. The molecule has 2 aromatic carbocycles. The monoisotopic (exact) mass is 474 g/mol. The lowest BCUT2D eigenvalue weighted by Crippen LogP contribution is -2.18. The van der Waals surface area contributed by atoms with Crippen LogP contribution in [0.2, 0.25) is 0 Å². The first kappa shape index (κ1) is 22.5. The third kappa shape index (κ3) is 5.37. The first-order chi connectivity index (χ1) is 15.8. The Labute approximate surface area is 191 Å². The van der Waals surface area contributed by atoms with E-state index in [0.29, 0.717) is 24.0 Å². The van der Waals surface area contributed by atoms with Crippen molar-refractivity contribution >= 4 is 28.7 Å². The lowest BCUT2D eigenvalue weighted by atomic mass is 10.1. The minimum atomic E-state index is -1.73. The quantitative estimate of drug-likeness (QED) is 0.181. The van der Waals surface area contributed by atoms with Crippen LogP contribution >= 0.6 is 12.2 Å². The molecule has 2 heterocycles. The molecule has 170 valence electrons. The minimum absolute atomic E-state index is 0.245. The van der Waals surface area contributed by atoms with Gasteiger partial charge in [0.2, 0.25) is 0 Å². The Morgan fingerprint density at radius 2 is 1.42 bits per heavy atom. The average Bonchev–Trinajstić information content (AvgIpc) is 3.40. The Morgan fingerprint density at radius 1 is 0.848 bits per heavy atom. The standard InChI is InChI=1S/C22H18F4N6S/c1-13-2-4-14(5-3-13)9-31-10-15(7-27-31)29-22(33)30-16-8-28-32(11-16)12-17-18(23)6-19(24)21(26)20(17)25/h2-8,10-11H,9,12H2,1H3,(H2,29,30,33). The number of anilines is 2. The number of aromatic nitrogens is 4. The van der Waals surface area contributed by atoms with Gasteiger partial charge in [-0.1, -0.05) is 29.8 Å². The highest BCUT2D eigenvalue weighted by Crippen LogP contribution is 2.20. The van der Waals surface area contributed by atoms with Crippen LogP contribution in [0.15, 0.2) is 55.1 Å². The number of hydrogen-bond acceptors (Lipinski definition) is 3. The van der Waals surface area contributed by atoms with E-state index in [1.807, 2.05) is 31.2 Å². The van der Waals surface area contributed by atoms with E-state index < -0.39 is 35.4 Å². The normalized spacial score (nSPS) is 10.9. The predicted molar refractivity (Wildman–Crippen MR) is 120 cm³/mol. The molecule has 0 aliphatic rings. The van der Waals surface area contributed by atoms with Crippen molar-refractivity contribution in [2.45, 2.75) is 20.0 Å². The highest BCUT2D eigenvalue weighted by atomic mass is 32.1. The van der Waals surface area contributed by atoms with Gasteiger partial charge in [0.15, 0.2) is 22.6 Å². The summed E-state index contributed by atoms with van der Waals surface area (Å²) in [6.07, 6.45) is 6.23. The van der Waals surface area contributed by atoms with Crippen molar-refractivity contribution in [1.29, 1.82) is 0 Å². The van der Waals surface area contributed by atoms with Crippen molar-refractivity contribution in [3.8, 4) is 0 Å². The van der Waals surface area contributed by atoms with Crippen LogP contribution in [-0.4, -0.2) is 24.7 Å². The summed E-state index contributed by atoms with van der Waals surface area (Å²) in [7, 11) is 0. The molecule has 0 atom stereocenters. The number of benzene rings is 2. The van der Waals surface area contributed by atoms with Gasteiger partial charge in [0, 0.05) is 24.0 Å². The van der Waals surface area contributed by atoms with Crippen LogP contribution in [0, 0.1) is 30.2 Å². The minimum Gasteiger partial charge on any atom is -0.330 e. The molecule has 0 aliphatic heterocycles. The molecular weight excluding hydrogens is 456 g/mol. The topological polar surface area (TPSA) is 59.7 Å². The van der Waals surface area contributed by atoms with E-state index in [1.54, 1.807) is 17.1 Å². The Bertz CT molecular complexity index is 1300. The third-order valence-corrected chi connectivity index (χ3v) is 4.98. The van der Waals surface area contributed by atoms with E-state index in [0.717, 1.165) is 5.56 Å². The first-order valence-electron chi connectivity index (χ1n) is 9.79. The fourth-order valence-electron chi connectivity index (χ4n) is 3.11. The van der Waals surface area contributed by atoms with E-state index in [1.165, 1.54) is 22.6 Å².